The van der Waals surface area contributed by atoms with E-state index in [1.165, 1.54) is 22.7 Å². The van der Waals surface area contributed by atoms with E-state index in [2.05, 4.69) is 10.5 Å². The third-order valence-corrected chi connectivity index (χ3v) is 6.14. The lowest BCUT2D eigenvalue weighted by Gasteiger charge is -2.26. The topological polar surface area (TPSA) is 114 Å². The molecule has 1 N–H and O–H groups in total. The minimum Gasteiger partial charge on any atom is -0.379 e. The summed E-state index contributed by atoms with van der Waals surface area (Å²) in [6.45, 7) is 0.930. The van der Waals surface area contributed by atoms with Crippen LogP contribution < -0.4 is 5.43 Å². The van der Waals surface area contributed by atoms with Gasteiger partial charge < -0.3 is 4.74 Å². The molecule has 2 aromatic carbocycles. The molecule has 1 aliphatic heterocycles. The molecule has 9 nitrogen and oxygen atoms in total. The summed E-state index contributed by atoms with van der Waals surface area (Å²) in [7, 11) is -3.94. The average Bonchev–Trinajstić information content (AvgIpc) is 2.75. The Morgan fingerprint density at radius 3 is 2.55 bits per heavy atom. The number of rotatable bonds is 7. The van der Waals surface area contributed by atoms with E-state index in [1.54, 1.807) is 6.08 Å². The minimum atomic E-state index is -3.94. The summed E-state index contributed by atoms with van der Waals surface area (Å²) in [6, 6.07) is 13.2. The summed E-state index contributed by atoms with van der Waals surface area (Å²) in [5, 5.41) is 15.1. The van der Waals surface area contributed by atoms with Gasteiger partial charge in [0, 0.05) is 31.4 Å². The number of hydrogen-bond donors (Lipinski definition) is 1. The number of morpholine rings is 1. The normalized spacial score (nSPS) is 15.7. The SMILES string of the molecule is O=[N+]([O-])c1ccc(N/N=C\C=C\c2ccccc2)c(S(=O)(=O)N2CCOCC2)c1. The molecule has 0 spiro atoms. The fraction of sp³-hybridized carbons (Fsp3) is 0.211. The van der Waals surface area contributed by atoms with Crippen LogP contribution in [0.15, 0.2) is 64.6 Å². The molecule has 0 bridgehead atoms. The maximum atomic E-state index is 13.0. The van der Waals surface area contributed by atoms with E-state index in [0.717, 1.165) is 11.6 Å². The molecule has 0 aliphatic carbocycles. The number of non-ortho nitro benzene ring substituents is 1. The molecule has 0 saturated carbocycles. The zero-order chi connectivity index (χ0) is 20.7. The van der Waals surface area contributed by atoms with Crippen LogP contribution in [0.5, 0.6) is 0 Å². The van der Waals surface area contributed by atoms with E-state index in [4.69, 9.17) is 4.74 Å². The first-order valence-corrected chi connectivity index (χ1v) is 10.3. The molecular weight excluding hydrogens is 396 g/mol. The second-order valence-electron chi connectivity index (χ2n) is 6.11. The molecule has 0 amide bonds. The monoisotopic (exact) mass is 416 g/mol. The van der Waals surface area contributed by atoms with Gasteiger partial charge in [-0.05, 0) is 17.7 Å². The van der Waals surface area contributed by atoms with E-state index in [9.17, 15) is 18.5 Å². The van der Waals surface area contributed by atoms with Crippen molar-refractivity contribution in [2.75, 3.05) is 31.7 Å². The third-order valence-electron chi connectivity index (χ3n) is 4.20. The number of sulfonamides is 1. The first kappa shape index (κ1) is 20.6. The lowest BCUT2D eigenvalue weighted by Crippen LogP contribution is -2.40. The standard InChI is InChI=1S/C19H20N4O5S/c24-23(25)17-8-9-18(21-20-10-4-7-16-5-2-1-3-6-16)19(15-17)29(26,27)22-11-13-28-14-12-22/h1-10,15,21H,11-14H2/b7-4+,20-10-. The summed E-state index contributed by atoms with van der Waals surface area (Å²) in [5.74, 6) is 0. The lowest BCUT2D eigenvalue weighted by atomic mass is 10.2. The Kier molecular flexibility index (Phi) is 6.70. The second kappa shape index (κ2) is 9.41. The van der Waals surface area contributed by atoms with Crippen molar-refractivity contribution in [1.82, 2.24) is 4.31 Å². The van der Waals surface area contributed by atoms with Crippen LogP contribution in [0.25, 0.3) is 6.08 Å². The Balaban J connectivity index is 1.83. The highest BCUT2D eigenvalue weighted by atomic mass is 32.2. The van der Waals surface area contributed by atoms with Crippen molar-refractivity contribution < 1.29 is 18.1 Å². The van der Waals surface area contributed by atoms with Crippen LogP contribution in [0, 0.1) is 10.1 Å². The second-order valence-corrected chi connectivity index (χ2v) is 8.02. The largest absolute Gasteiger partial charge is 0.379 e. The van der Waals surface area contributed by atoms with Gasteiger partial charge >= 0.3 is 0 Å². The molecule has 2 aromatic rings. The summed E-state index contributed by atoms with van der Waals surface area (Å²) in [6.07, 6.45) is 5.01. The van der Waals surface area contributed by atoms with E-state index >= 15 is 0 Å². The highest BCUT2D eigenvalue weighted by Crippen LogP contribution is 2.29. The molecule has 0 atom stereocenters. The quantitative estimate of drug-likeness (QED) is 0.422. The molecule has 10 heteroatoms. The third kappa shape index (κ3) is 5.25. The Bertz CT molecular complexity index is 1020. The summed E-state index contributed by atoms with van der Waals surface area (Å²) in [5.41, 5.74) is 3.51. The van der Waals surface area contributed by atoms with Crippen molar-refractivity contribution in [1.29, 1.82) is 0 Å². The summed E-state index contributed by atoms with van der Waals surface area (Å²) < 4.78 is 32.4. The predicted molar refractivity (Wildman–Crippen MR) is 110 cm³/mol. The van der Waals surface area contributed by atoms with Crippen molar-refractivity contribution in [3.63, 3.8) is 0 Å². The molecule has 0 unspecified atom stereocenters. The molecular formula is C19H20N4O5S. The highest BCUT2D eigenvalue weighted by molar-refractivity contribution is 7.89. The number of nitro groups is 1. The first-order valence-electron chi connectivity index (χ1n) is 8.85. The van der Waals surface area contributed by atoms with E-state index < -0.39 is 14.9 Å². The average molecular weight is 416 g/mol. The van der Waals surface area contributed by atoms with Crippen LogP contribution in [0.3, 0.4) is 0 Å². The number of nitrogens with zero attached hydrogens (tertiary/aromatic N) is 3. The number of allylic oxidation sites excluding steroid dienone is 1. The number of benzene rings is 2. The molecule has 1 heterocycles. The summed E-state index contributed by atoms with van der Waals surface area (Å²) >= 11 is 0. The number of nitro benzene ring substituents is 1. The van der Waals surface area contributed by atoms with Crippen molar-refractivity contribution in [3.05, 3.63) is 70.3 Å². The van der Waals surface area contributed by atoms with Gasteiger partial charge in [0.25, 0.3) is 5.69 Å². The van der Waals surface area contributed by atoms with Gasteiger partial charge in [0.05, 0.1) is 23.8 Å². The maximum absolute atomic E-state index is 13.0. The fourth-order valence-corrected chi connectivity index (χ4v) is 4.29. The van der Waals surface area contributed by atoms with Gasteiger partial charge in [-0.15, -0.1) is 0 Å². The van der Waals surface area contributed by atoms with Gasteiger partial charge in [-0.2, -0.15) is 9.41 Å². The Morgan fingerprint density at radius 2 is 1.86 bits per heavy atom. The molecule has 152 valence electrons. The van der Waals surface area contributed by atoms with Crippen LogP contribution in [0.2, 0.25) is 0 Å². The molecule has 29 heavy (non-hydrogen) atoms. The van der Waals surface area contributed by atoms with Crippen molar-refractivity contribution in [2.24, 2.45) is 5.10 Å². The van der Waals surface area contributed by atoms with Crippen molar-refractivity contribution in [3.8, 4) is 0 Å². The van der Waals surface area contributed by atoms with Crippen LogP contribution >= 0.6 is 0 Å². The predicted octanol–water partition coefficient (Wildman–Crippen LogP) is 2.73. The maximum Gasteiger partial charge on any atom is 0.270 e. The van der Waals surface area contributed by atoms with Crippen LogP contribution in [-0.4, -0.2) is 50.2 Å². The number of nitrogens with one attached hydrogen (secondary N) is 1. The molecule has 3 rings (SSSR count). The number of ether oxygens (including phenoxy) is 1. The number of hydrazone groups is 1. The molecule has 0 radical (unpaired) electrons. The van der Waals surface area contributed by atoms with Crippen LogP contribution in [0.1, 0.15) is 5.56 Å². The lowest BCUT2D eigenvalue weighted by molar-refractivity contribution is -0.385. The van der Waals surface area contributed by atoms with Crippen molar-refractivity contribution >= 4 is 33.7 Å². The van der Waals surface area contributed by atoms with Gasteiger partial charge in [0.15, 0.2) is 0 Å². The zero-order valence-electron chi connectivity index (χ0n) is 15.5. The van der Waals surface area contributed by atoms with Gasteiger partial charge in [-0.3, -0.25) is 15.5 Å². The van der Waals surface area contributed by atoms with Gasteiger partial charge in [-0.25, -0.2) is 8.42 Å². The zero-order valence-corrected chi connectivity index (χ0v) is 16.3. The number of anilines is 1. The van der Waals surface area contributed by atoms with Crippen LogP contribution in [0.4, 0.5) is 11.4 Å². The molecule has 1 aliphatic rings. The van der Waals surface area contributed by atoms with Crippen LogP contribution in [-0.2, 0) is 14.8 Å². The van der Waals surface area contributed by atoms with E-state index in [1.807, 2.05) is 36.4 Å². The Morgan fingerprint density at radius 1 is 1.14 bits per heavy atom. The molecule has 0 aromatic heterocycles. The van der Waals surface area contributed by atoms with E-state index in [0.29, 0.717) is 0 Å². The van der Waals surface area contributed by atoms with Gasteiger partial charge in [-0.1, -0.05) is 36.4 Å². The fourth-order valence-electron chi connectivity index (χ4n) is 2.72. The first-order chi connectivity index (χ1) is 14.0. The summed E-state index contributed by atoms with van der Waals surface area (Å²) in [4.78, 5) is 10.3. The van der Waals surface area contributed by atoms with E-state index in [-0.39, 0.29) is 42.6 Å². The molecule has 1 saturated heterocycles. The Hall–Kier alpha value is -3.08. The number of hydrogen-bond acceptors (Lipinski definition) is 7. The minimum absolute atomic E-state index is 0.159. The molecule has 1 fully saturated rings. The van der Waals surface area contributed by atoms with Gasteiger partial charge in [0.2, 0.25) is 10.0 Å². The Labute approximate surface area is 168 Å². The van der Waals surface area contributed by atoms with Crippen molar-refractivity contribution in [2.45, 2.75) is 4.90 Å². The highest BCUT2D eigenvalue weighted by Gasteiger charge is 2.30. The van der Waals surface area contributed by atoms with Gasteiger partial charge in [0.1, 0.15) is 4.90 Å². The smallest absolute Gasteiger partial charge is 0.270 e.